The third-order valence-electron chi connectivity index (χ3n) is 3.01. The Kier molecular flexibility index (Phi) is 5.85. The number of hydrogen-bond donors (Lipinski definition) is 0. The number of carbonyl (C=O) groups excluding carboxylic acids is 1. The van der Waals surface area contributed by atoms with E-state index in [2.05, 4.69) is 0 Å². The van der Waals surface area contributed by atoms with Crippen LogP contribution in [0.3, 0.4) is 0 Å². The third kappa shape index (κ3) is 4.56. The van der Waals surface area contributed by atoms with Crippen molar-refractivity contribution in [1.82, 2.24) is 4.90 Å². The number of rotatable bonds is 6. The van der Waals surface area contributed by atoms with E-state index in [4.69, 9.17) is 5.26 Å². The minimum Gasteiger partial charge on any atom is -0.337 e. The Morgan fingerprint density at radius 2 is 2.14 bits per heavy atom. The molecule has 0 bridgehead atoms. The number of carbonyl (C=O) groups is 1. The molecule has 0 radical (unpaired) electrons. The smallest absolute Gasteiger partial charge is 0.272 e. The maximum absolute atomic E-state index is 12.5. The van der Waals surface area contributed by atoms with Gasteiger partial charge in [-0.25, -0.2) is 0 Å². The van der Waals surface area contributed by atoms with Crippen LogP contribution < -0.4 is 0 Å². The van der Waals surface area contributed by atoms with Gasteiger partial charge in [0.1, 0.15) is 0 Å². The van der Waals surface area contributed by atoms with Gasteiger partial charge in [-0.05, 0) is 25.0 Å². The molecule has 0 aliphatic rings. The number of nitrogens with zero attached hydrogens (tertiary/aromatic N) is 3. The van der Waals surface area contributed by atoms with E-state index in [0.717, 1.165) is 0 Å². The Morgan fingerprint density at radius 1 is 1.48 bits per heavy atom. The van der Waals surface area contributed by atoms with Crippen LogP contribution >= 0.6 is 0 Å². The second kappa shape index (κ2) is 7.39. The van der Waals surface area contributed by atoms with Crippen LogP contribution in [0.1, 0.15) is 36.2 Å². The molecule has 0 fully saturated rings. The molecule has 1 amide bonds. The lowest BCUT2D eigenvalue weighted by molar-refractivity contribution is -0.385. The predicted octanol–water partition coefficient (Wildman–Crippen LogP) is 2.92. The van der Waals surface area contributed by atoms with E-state index < -0.39 is 4.92 Å². The first-order valence-electron chi connectivity index (χ1n) is 6.78. The summed E-state index contributed by atoms with van der Waals surface area (Å²) < 4.78 is 0. The monoisotopic (exact) mass is 289 g/mol. The summed E-state index contributed by atoms with van der Waals surface area (Å²) in [5.41, 5.74) is 0.867. The quantitative estimate of drug-likeness (QED) is 0.595. The molecule has 112 valence electrons. The summed E-state index contributed by atoms with van der Waals surface area (Å²) in [6.45, 7) is 6.51. The lowest BCUT2D eigenvalue weighted by Crippen LogP contribution is -2.35. The summed E-state index contributed by atoms with van der Waals surface area (Å²) in [5, 5.41) is 19.5. The number of hydrogen-bond acceptors (Lipinski definition) is 4. The fourth-order valence-corrected chi connectivity index (χ4v) is 2.08. The van der Waals surface area contributed by atoms with Gasteiger partial charge in [-0.1, -0.05) is 13.8 Å². The van der Waals surface area contributed by atoms with Crippen molar-refractivity contribution in [3.63, 3.8) is 0 Å². The van der Waals surface area contributed by atoms with Crippen molar-refractivity contribution >= 4 is 11.6 Å². The van der Waals surface area contributed by atoms with Gasteiger partial charge >= 0.3 is 0 Å². The van der Waals surface area contributed by atoms with Gasteiger partial charge < -0.3 is 4.90 Å². The van der Waals surface area contributed by atoms with E-state index in [0.29, 0.717) is 24.2 Å². The number of nitriles is 1. The molecule has 21 heavy (non-hydrogen) atoms. The van der Waals surface area contributed by atoms with Crippen molar-refractivity contribution in [2.24, 2.45) is 5.92 Å². The Bertz CT molecular complexity index is 576. The zero-order valence-electron chi connectivity index (χ0n) is 12.5. The summed E-state index contributed by atoms with van der Waals surface area (Å²) in [5.74, 6) is 0.0868. The van der Waals surface area contributed by atoms with E-state index in [-0.39, 0.29) is 23.9 Å². The highest BCUT2D eigenvalue weighted by atomic mass is 16.6. The van der Waals surface area contributed by atoms with Crippen molar-refractivity contribution in [3.05, 3.63) is 39.4 Å². The molecule has 0 aliphatic heterocycles. The van der Waals surface area contributed by atoms with Gasteiger partial charge in [0.15, 0.2) is 0 Å². The number of nitro groups is 1. The minimum absolute atomic E-state index is 0.000940. The molecule has 0 aromatic heterocycles. The number of amides is 1. The largest absolute Gasteiger partial charge is 0.337 e. The summed E-state index contributed by atoms with van der Waals surface area (Å²) >= 11 is 0. The fraction of sp³-hybridized carbons (Fsp3) is 0.467. The average molecular weight is 289 g/mol. The highest BCUT2D eigenvalue weighted by molar-refractivity contribution is 5.94. The molecule has 1 aromatic carbocycles. The number of nitro benzene ring substituents is 1. The first-order valence-corrected chi connectivity index (χ1v) is 6.78. The standard InChI is InChI=1S/C15H19N3O3/c1-11(2)10-17(8-4-7-16)15(19)13-5-6-14(18(20)21)12(3)9-13/h5-6,9,11H,4,8,10H2,1-3H3. The number of benzene rings is 1. The maximum Gasteiger partial charge on any atom is 0.272 e. The summed E-state index contributed by atoms with van der Waals surface area (Å²) in [6, 6.07) is 6.37. The minimum atomic E-state index is -0.467. The summed E-state index contributed by atoms with van der Waals surface area (Å²) in [6.07, 6.45) is 0.268. The van der Waals surface area contributed by atoms with Gasteiger partial charge in [0.25, 0.3) is 11.6 Å². The first-order chi connectivity index (χ1) is 9.86. The second-order valence-corrected chi connectivity index (χ2v) is 5.31. The molecule has 6 nitrogen and oxygen atoms in total. The molecule has 0 N–H and O–H groups in total. The first kappa shape index (κ1) is 16.6. The van der Waals surface area contributed by atoms with Crippen LogP contribution in [0.4, 0.5) is 5.69 Å². The third-order valence-corrected chi connectivity index (χ3v) is 3.01. The summed E-state index contributed by atoms with van der Waals surface area (Å²) in [4.78, 5) is 24.4. The van der Waals surface area contributed by atoms with Crippen LogP contribution in [0.25, 0.3) is 0 Å². The van der Waals surface area contributed by atoms with Crippen molar-refractivity contribution in [1.29, 1.82) is 5.26 Å². The van der Waals surface area contributed by atoms with Gasteiger partial charge in [0, 0.05) is 30.3 Å². The molecule has 1 aromatic rings. The number of aryl methyl sites for hydroxylation is 1. The van der Waals surface area contributed by atoms with E-state index in [1.807, 2.05) is 19.9 Å². The van der Waals surface area contributed by atoms with Gasteiger partial charge in [-0.2, -0.15) is 5.26 Å². The lowest BCUT2D eigenvalue weighted by atomic mass is 10.1. The van der Waals surface area contributed by atoms with Crippen molar-refractivity contribution in [2.45, 2.75) is 27.2 Å². The molecular formula is C15H19N3O3. The predicted molar refractivity (Wildman–Crippen MR) is 78.8 cm³/mol. The van der Waals surface area contributed by atoms with Gasteiger partial charge in [0.05, 0.1) is 17.4 Å². The normalized spacial score (nSPS) is 10.2. The zero-order valence-corrected chi connectivity index (χ0v) is 12.5. The Hall–Kier alpha value is -2.42. The highest BCUT2D eigenvalue weighted by Crippen LogP contribution is 2.20. The molecular weight excluding hydrogens is 270 g/mol. The second-order valence-electron chi connectivity index (χ2n) is 5.31. The molecule has 0 atom stereocenters. The zero-order chi connectivity index (χ0) is 16.0. The molecule has 6 heteroatoms. The Labute approximate surface area is 124 Å². The highest BCUT2D eigenvalue weighted by Gasteiger charge is 2.19. The van der Waals surface area contributed by atoms with Crippen LogP contribution in [-0.4, -0.2) is 28.8 Å². The van der Waals surface area contributed by atoms with E-state index in [1.165, 1.54) is 18.2 Å². The molecule has 0 aliphatic carbocycles. The van der Waals surface area contributed by atoms with Crippen LogP contribution in [0.15, 0.2) is 18.2 Å². The van der Waals surface area contributed by atoms with Crippen molar-refractivity contribution in [3.8, 4) is 6.07 Å². The van der Waals surface area contributed by atoms with E-state index >= 15 is 0 Å². The Balaban J connectivity index is 3.00. The van der Waals surface area contributed by atoms with Crippen LogP contribution in [0.5, 0.6) is 0 Å². The van der Waals surface area contributed by atoms with Gasteiger partial charge in [0.2, 0.25) is 0 Å². The van der Waals surface area contributed by atoms with Crippen LogP contribution in [-0.2, 0) is 0 Å². The maximum atomic E-state index is 12.5. The molecule has 0 saturated carbocycles. The molecule has 0 unspecified atom stereocenters. The average Bonchev–Trinajstić information content (AvgIpc) is 2.41. The van der Waals surface area contributed by atoms with E-state index in [1.54, 1.807) is 11.8 Å². The Morgan fingerprint density at radius 3 is 2.62 bits per heavy atom. The van der Waals surface area contributed by atoms with Crippen LogP contribution in [0, 0.1) is 34.3 Å². The molecule has 0 saturated heterocycles. The lowest BCUT2D eigenvalue weighted by Gasteiger charge is -2.23. The SMILES string of the molecule is Cc1cc(C(=O)N(CCC#N)CC(C)C)ccc1[N+](=O)[O-]. The topological polar surface area (TPSA) is 87.2 Å². The van der Waals surface area contributed by atoms with Crippen molar-refractivity contribution in [2.75, 3.05) is 13.1 Å². The van der Waals surface area contributed by atoms with Gasteiger partial charge in [-0.3, -0.25) is 14.9 Å². The molecule has 1 rings (SSSR count). The molecule has 0 heterocycles. The van der Waals surface area contributed by atoms with Crippen molar-refractivity contribution < 1.29 is 9.72 Å². The van der Waals surface area contributed by atoms with Gasteiger partial charge in [-0.15, -0.1) is 0 Å². The summed E-state index contributed by atoms with van der Waals surface area (Å²) in [7, 11) is 0. The molecule has 0 spiro atoms. The fourth-order valence-electron chi connectivity index (χ4n) is 2.08. The van der Waals surface area contributed by atoms with E-state index in [9.17, 15) is 14.9 Å². The van der Waals surface area contributed by atoms with Crippen LogP contribution in [0.2, 0.25) is 0 Å².